The fraction of sp³-hybridized carbons (Fsp3) is 0.600. The second-order valence-corrected chi connectivity index (χ2v) is 5.41. The van der Waals surface area contributed by atoms with Crippen LogP contribution in [0.2, 0.25) is 0 Å². The minimum absolute atomic E-state index is 0.238. The fourth-order valence-corrected chi connectivity index (χ4v) is 2.97. The van der Waals surface area contributed by atoms with E-state index in [9.17, 15) is 0 Å². The molecule has 1 saturated carbocycles. The van der Waals surface area contributed by atoms with Gasteiger partial charge >= 0.3 is 0 Å². The first-order valence-corrected chi connectivity index (χ1v) is 6.49. The Morgan fingerprint density at radius 1 is 1.12 bits per heavy atom. The topological polar surface area (TPSA) is 26.0 Å². The van der Waals surface area contributed by atoms with Gasteiger partial charge in [-0.25, -0.2) is 0 Å². The molecule has 0 aromatic heterocycles. The Labute approximate surface area is 99.0 Å². The van der Waals surface area contributed by atoms with Crippen LogP contribution in [0.25, 0.3) is 0 Å². The molecule has 0 aliphatic heterocycles. The number of nitrogens with two attached hydrogens (primary N) is 1. The van der Waals surface area contributed by atoms with Crippen molar-refractivity contribution in [3.8, 4) is 0 Å². The van der Waals surface area contributed by atoms with Crippen LogP contribution in [0.5, 0.6) is 0 Å². The van der Waals surface area contributed by atoms with Gasteiger partial charge in [-0.15, -0.1) is 0 Å². The maximum absolute atomic E-state index is 6.31. The van der Waals surface area contributed by atoms with Gasteiger partial charge in [-0.3, -0.25) is 0 Å². The predicted molar refractivity (Wildman–Crippen MR) is 69.4 cm³/mol. The Bertz CT molecular complexity index is 330. The van der Waals surface area contributed by atoms with Crippen LogP contribution in [-0.2, 0) is 0 Å². The average molecular weight is 217 g/mol. The molecule has 1 aromatic carbocycles. The van der Waals surface area contributed by atoms with Crippen LogP contribution in [0, 0.1) is 19.8 Å². The molecular formula is C15H23N. The molecule has 0 saturated heterocycles. The molecule has 2 rings (SSSR count). The molecule has 0 bridgehead atoms. The lowest BCUT2D eigenvalue weighted by atomic mass is 9.92. The number of hydrogen-bond acceptors (Lipinski definition) is 1. The fourth-order valence-electron chi connectivity index (χ4n) is 2.97. The number of aryl methyl sites for hydroxylation is 2. The SMILES string of the molecule is Cc1cc(C)cc(C(N)CC2CCCC2)c1. The second-order valence-electron chi connectivity index (χ2n) is 5.41. The summed E-state index contributed by atoms with van der Waals surface area (Å²) < 4.78 is 0. The molecule has 0 radical (unpaired) electrons. The monoisotopic (exact) mass is 217 g/mol. The maximum Gasteiger partial charge on any atom is 0.0297 e. The Morgan fingerprint density at radius 3 is 2.25 bits per heavy atom. The minimum Gasteiger partial charge on any atom is -0.324 e. The number of rotatable bonds is 3. The lowest BCUT2D eigenvalue weighted by molar-refractivity contribution is 0.450. The summed E-state index contributed by atoms with van der Waals surface area (Å²) >= 11 is 0. The smallest absolute Gasteiger partial charge is 0.0297 e. The van der Waals surface area contributed by atoms with Gasteiger partial charge in [0, 0.05) is 6.04 Å². The van der Waals surface area contributed by atoms with Crippen LogP contribution >= 0.6 is 0 Å². The summed E-state index contributed by atoms with van der Waals surface area (Å²) in [7, 11) is 0. The highest BCUT2D eigenvalue weighted by atomic mass is 14.6. The molecule has 1 unspecified atom stereocenters. The van der Waals surface area contributed by atoms with Crippen molar-refractivity contribution in [2.75, 3.05) is 0 Å². The summed E-state index contributed by atoms with van der Waals surface area (Å²) in [5.74, 6) is 0.871. The molecule has 0 spiro atoms. The molecule has 1 aromatic rings. The Balaban J connectivity index is 2.04. The molecule has 1 heteroatoms. The van der Waals surface area contributed by atoms with Gasteiger partial charge in [0.15, 0.2) is 0 Å². The lowest BCUT2D eigenvalue weighted by Gasteiger charge is -2.17. The summed E-state index contributed by atoms with van der Waals surface area (Å²) in [6, 6.07) is 6.94. The van der Waals surface area contributed by atoms with Gasteiger partial charge < -0.3 is 5.73 Å². The second kappa shape index (κ2) is 5.01. The van der Waals surface area contributed by atoms with Crippen molar-refractivity contribution >= 4 is 0 Å². The van der Waals surface area contributed by atoms with E-state index in [1.54, 1.807) is 0 Å². The van der Waals surface area contributed by atoms with Gasteiger partial charge in [-0.1, -0.05) is 55.0 Å². The van der Waals surface area contributed by atoms with Gasteiger partial charge in [0.05, 0.1) is 0 Å². The maximum atomic E-state index is 6.31. The summed E-state index contributed by atoms with van der Waals surface area (Å²) in [5, 5.41) is 0. The van der Waals surface area contributed by atoms with E-state index < -0.39 is 0 Å². The summed E-state index contributed by atoms with van der Waals surface area (Å²) in [6.07, 6.45) is 6.76. The predicted octanol–water partition coefficient (Wildman–Crippen LogP) is 3.88. The zero-order valence-electron chi connectivity index (χ0n) is 10.5. The number of benzene rings is 1. The van der Waals surface area contributed by atoms with Crippen LogP contribution in [0.1, 0.15) is 54.8 Å². The minimum atomic E-state index is 0.238. The third kappa shape index (κ3) is 2.85. The highest BCUT2D eigenvalue weighted by Gasteiger charge is 2.19. The molecule has 16 heavy (non-hydrogen) atoms. The van der Waals surface area contributed by atoms with E-state index in [4.69, 9.17) is 5.73 Å². The highest BCUT2D eigenvalue weighted by molar-refractivity contribution is 5.30. The van der Waals surface area contributed by atoms with Crippen molar-refractivity contribution in [2.45, 2.75) is 52.0 Å². The Hall–Kier alpha value is -0.820. The zero-order chi connectivity index (χ0) is 11.5. The molecule has 0 amide bonds. The van der Waals surface area contributed by atoms with E-state index in [-0.39, 0.29) is 6.04 Å². The molecule has 1 aliphatic carbocycles. The molecule has 1 aliphatic rings. The molecule has 1 atom stereocenters. The van der Waals surface area contributed by atoms with Crippen molar-refractivity contribution in [1.29, 1.82) is 0 Å². The molecule has 1 nitrogen and oxygen atoms in total. The van der Waals surface area contributed by atoms with E-state index in [0.717, 1.165) is 5.92 Å². The van der Waals surface area contributed by atoms with Crippen molar-refractivity contribution in [1.82, 2.24) is 0 Å². The summed E-state index contributed by atoms with van der Waals surface area (Å²) in [4.78, 5) is 0. The summed E-state index contributed by atoms with van der Waals surface area (Å²) in [5.41, 5.74) is 10.3. The largest absolute Gasteiger partial charge is 0.324 e. The first-order chi connectivity index (χ1) is 7.65. The van der Waals surface area contributed by atoms with Crippen molar-refractivity contribution in [3.63, 3.8) is 0 Å². The van der Waals surface area contributed by atoms with Crippen molar-refractivity contribution in [3.05, 3.63) is 34.9 Å². The Morgan fingerprint density at radius 2 is 1.69 bits per heavy atom. The average Bonchev–Trinajstić information content (AvgIpc) is 2.68. The van der Waals surface area contributed by atoms with Crippen molar-refractivity contribution < 1.29 is 0 Å². The van der Waals surface area contributed by atoms with Crippen LogP contribution in [0.3, 0.4) is 0 Å². The first-order valence-electron chi connectivity index (χ1n) is 6.49. The molecular weight excluding hydrogens is 194 g/mol. The van der Waals surface area contributed by atoms with Crippen LogP contribution in [0.15, 0.2) is 18.2 Å². The zero-order valence-corrected chi connectivity index (χ0v) is 10.5. The molecule has 2 N–H and O–H groups in total. The van der Waals surface area contributed by atoms with Gasteiger partial charge in [-0.2, -0.15) is 0 Å². The van der Waals surface area contributed by atoms with Gasteiger partial charge in [0.1, 0.15) is 0 Å². The highest BCUT2D eigenvalue weighted by Crippen LogP contribution is 2.32. The molecule has 88 valence electrons. The summed E-state index contributed by atoms with van der Waals surface area (Å²) in [6.45, 7) is 4.30. The Kier molecular flexibility index (Phi) is 3.65. The van der Waals surface area contributed by atoms with Crippen LogP contribution in [-0.4, -0.2) is 0 Å². The van der Waals surface area contributed by atoms with E-state index in [1.165, 1.54) is 48.8 Å². The van der Waals surface area contributed by atoms with E-state index >= 15 is 0 Å². The quantitative estimate of drug-likeness (QED) is 0.817. The molecule has 1 fully saturated rings. The van der Waals surface area contributed by atoms with Gasteiger partial charge in [-0.05, 0) is 31.7 Å². The van der Waals surface area contributed by atoms with E-state index in [1.807, 2.05) is 0 Å². The van der Waals surface area contributed by atoms with Crippen LogP contribution < -0.4 is 5.73 Å². The molecule has 0 heterocycles. The normalized spacial score (nSPS) is 18.9. The number of hydrogen-bond donors (Lipinski definition) is 1. The lowest BCUT2D eigenvalue weighted by Crippen LogP contribution is -2.14. The van der Waals surface area contributed by atoms with Gasteiger partial charge in [0.2, 0.25) is 0 Å². The van der Waals surface area contributed by atoms with Gasteiger partial charge in [0.25, 0.3) is 0 Å². The van der Waals surface area contributed by atoms with Crippen LogP contribution in [0.4, 0.5) is 0 Å². The van der Waals surface area contributed by atoms with Crippen molar-refractivity contribution in [2.24, 2.45) is 11.7 Å². The first kappa shape index (κ1) is 11.7. The van der Waals surface area contributed by atoms with E-state index in [0.29, 0.717) is 0 Å². The standard InChI is InChI=1S/C15H23N/c1-11-7-12(2)9-14(8-11)15(16)10-13-5-3-4-6-13/h7-9,13,15H,3-6,10,16H2,1-2H3. The third-order valence-electron chi connectivity index (χ3n) is 3.73. The third-order valence-corrected chi connectivity index (χ3v) is 3.73. The van der Waals surface area contributed by atoms with E-state index in [2.05, 4.69) is 32.0 Å².